The van der Waals surface area contributed by atoms with Crippen LogP contribution in [-0.4, -0.2) is 15.3 Å². The van der Waals surface area contributed by atoms with Crippen molar-refractivity contribution in [2.75, 3.05) is 10.6 Å². The van der Waals surface area contributed by atoms with Gasteiger partial charge in [0.05, 0.1) is 17.1 Å². The minimum atomic E-state index is 0.115. The van der Waals surface area contributed by atoms with Crippen molar-refractivity contribution in [1.82, 2.24) is 9.38 Å². The van der Waals surface area contributed by atoms with Crippen LogP contribution >= 0.6 is 0 Å². The quantitative estimate of drug-likeness (QED) is 0.701. The third-order valence-electron chi connectivity index (χ3n) is 5.51. The van der Waals surface area contributed by atoms with E-state index < -0.39 is 0 Å². The van der Waals surface area contributed by atoms with Crippen molar-refractivity contribution in [2.45, 2.75) is 47.1 Å². The van der Waals surface area contributed by atoms with Gasteiger partial charge >= 0.3 is 0 Å². The summed E-state index contributed by atoms with van der Waals surface area (Å²) in [5.74, 6) is 0.293. The molecule has 0 aliphatic heterocycles. The second-order valence-corrected chi connectivity index (χ2v) is 7.61. The van der Waals surface area contributed by atoms with E-state index in [0.717, 1.165) is 47.8 Å². The van der Waals surface area contributed by atoms with Crippen molar-refractivity contribution in [3.8, 4) is 0 Å². The van der Waals surface area contributed by atoms with Gasteiger partial charge in [-0.1, -0.05) is 18.2 Å². The monoisotopic (exact) mass is 362 g/mol. The zero-order valence-corrected chi connectivity index (χ0v) is 16.4. The molecule has 1 amide bonds. The molecule has 2 N–H and O–H groups in total. The van der Waals surface area contributed by atoms with Crippen LogP contribution in [0.1, 0.15) is 40.9 Å². The van der Waals surface area contributed by atoms with E-state index in [2.05, 4.69) is 54.0 Å². The van der Waals surface area contributed by atoms with Crippen molar-refractivity contribution >= 4 is 22.9 Å². The van der Waals surface area contributed by atoms with Gasteiger partial charge in [0.2, 0.25) is 5.91 Å². The predicted octanol–water partition coefficient (Wildman–Crippen LogP) is 4.53. The molecular formula is C22H26N4O. The Morgan fingerprint density at radius 1 is 1.19 bits per heavy atom. The lowest BCUT2D eigenvalue weighted by Crippen LogP contribution is -2.14. The average molecular weight is 362 g/mol. The molecular weight excluding hydrogens is 336 g/mol. The first-order valence-electron chi connectivity index (χ1n) is 9.53. The molecule has 0 radical (unpaired) electrons. The van der Waals surface area contributed by atoms with E-state index in [-0.39, 0.29) is 11.8 Å². The maximum absolute atomic E-state index is 12.2. The zero-order chi connectivity index (χ0) is 19.1. The van der Waals surface area contributed by atoms with Gasteiger partial charge in [0.1, 0.15) is 0 Å². The maximum atomic E-state index is 12.2. The normalized spacial score (nSPS) is 13.8. The Labute approximate surface area is 159 Å². The third kappa shape index (κ3) is 3.42. The van der Waals surface area contributed by atoms with Crippen molar-refractivity contribution in [3.05, 3.63) is 58.5 Å². The number of rotatable bonds is 5. The molecule has 3 aromatic rings. The lowest BCUT2D eigenvalue weighted by molar-refractivity contribution is -0.117. The van der Waals surface area contributed by atoms with Gasteiger partial charge in [-0.25, -0.2) is 4.98 Å². The number of benzene rings is 1. The fraction of sp³-hybridized carbons (Fsp3) is 0.364. The molecule has 1 aliphatic carbocycles. The summed E-state index contributed by atoms with van der Waals surface area (Å²) in [6.07, 6.45) is 3.96. The van der Waals surface area contributed by atoms with Crippen molar-refractivity contribution in [1.29, 1.82) is 0 Å². The standard InChI is InChI=1S/C22H26N4O/c1-13-6-5-7-14(2)19(13)11-23-20-10-18(25-22(27)17-8-9-17)12-26-16(4)15(3)24-21(20)26/h5-7,10,12,17,23H,8-9,11H2,1-4H3,(H,25,27). The predicted molar refractivity (Wildman–Crippen MR) is 109 cm³/mol. The van der Waals surface area contributed by atoms with Crippen LogP contribution in [0.2, 0.25) is 0 Å². The largest absolute Gasteiger partial charge is 0.378 e. The number of hydrogen-bond acceptors (Lipinski definition) is 3. The molecule has 4 rings (SSSR count). The summed E-state index contributed by atoms with van der Waals surface area (Å²) in [6.45, 7) is 9.06. The molecule has 5 nitrogen and oxygen atoms in total. The van der Waals surface area contributed by atoms with E-state index >= 15 is 0 Å². The van der Waals surface area contributed by atoms with Gasteiger partial charge in [-0.15, -0.1) is 0 Å². The topological polar surface area (TPSA) is 58.4 Å². The minimum absolute atomic E-state index is 0.115. The molecule has 0 spiro atoms. The van der Waals surface area contributed by atoms with Gasteiger partial charge in [-0.3, -0.25) is 4.79 Å². The number of fused-ring (bicyclic) bond motifs is 1. The first-order chi connectivity index (χ1) is 12.9. The number of nitrogens with zero attached hydrogens (tertiary/aromatic N) is 2. The summed E-state index contributed by atoms with van der Waals surface area (Å²) in [4.78, 5) is 16.9. The second-order valence-electron chi connectivity index (χ2n) is 7.61. The number of amides is 1. The summed E-state index contributed by atoms with van der Waals surface area (Å²) >= 11 is 0. The molecule has 140 valence electrons. The molecule has 2 heterocycles. The maximum Gasteiger partial charge on any atom is 0.227 e. The number of aromatic nitrogens is 2. The number of anilines is 2. The highest BCUT2D eigenvalue weighted by Crippen LogP contribution is 2.31. The molecule has 0 unspecified atom stereocenters. The molecule has 27 heavy (non-hydrogen) atoms. The molecule has 2 aromatic heterocycles. The fourth-order valence-corrected chi connectivity index (χ4v) is 3.47. The van der Waals surface area contributed by atoms with Crippen LogP contribution in [0.25, 0.3) is 5.65 Å². The Morgan fingerprint density at radius 2 is 1.89 bits per heavy atom. The Bertz CT molecular complexity index is 1010. The molecule has 5 heteroatoms. The smallest absolute Gasteiger partial charge is 0.227 e. The molecule has 0 saturated heterocycles. The van der Waals surface area contributed by atoms with Gasteiger partial charge in [-0.05, 0) is 63.3 Å². The fourth-order valence-electron chi connectivity index (χ4n) is 3.47. The van der Waals surface area contributed by atoms with E-state index in [1.54, 1.807) is 0 Å². The van der Waals surface area contributed by atoms with E-state index in [4.69, 9.17) is 4.98 Å². The number of nitrogens with one attached hydrogen (secondary N) is 2. The highest BCUT2D eigenvalue weighted by Gasteiger charge is 2.29. The van der Waals surface area contributed by atoms with E-state index in [0.29, 0.717) is 0 Å². The Hall–Kier alpha value is -2.82. The SMILES string of the molecule is Cc1cccc(C)c1CNc1cc(NC(=O)C2CC2)cn2c(C)c(C)nc12. The van der Waals surface area contributed by atoms with Crippen LogP contribution < -0.4 is 10.6 Å². The average Bonchev–Trinajstić information content (AvgIpc) is 3.43. The second kappa shape index (κ2) is 6.72. The molecule has 1 saturated carbocycles. The van der Waals surface area contributed by atoms with E-state index in [9.17, 15) is 4.79 Å². The lowest BCUT2D eigenvalue weighted by atomic mass is 10.0. The molecule has 1 aliphatic rings. The first-order valence-corrected chi connectivity index (χ1v) is 9.53. The summed E-state index contributed by atoms with van der Waals surface area (Å²) < 4.78 is 2.06. The first kappa shape index (κ1) is 17.6. The van der Waals surface area contributed by atoms with E-state index in [1.807, 2.05) is 19.2 Å². The highest BCUT2D eigenvalue weighted by molar-refractivity contribution is 5.95. The summed E-state index contributed by atoms with van der Waals surface area (Å²) in [6, 6.07) is 8.35. The number of carbonyl (C=O) groups excluding carboxylic acids is 1. The van der Waals surface area contributed by atoms with Crippen molar-refractivity contribution in [2.24, 2.45) is 5.92 Å². The van der Waals surface area contributed by atoms with Crippen LogP contribution in [0.3, 0.4) is 0 Å². The van der Waals surface area contributed by atoms with Gasteiger partial charge in [0.25, 0.3) is 0 Å². The van der Waals surface area contributed by atoms with Gasteiger partial charge in [0, 0.05) is 24.4 Å². The van der Waals surface area contributed by atoms with Gasteiger partial charge in [0.15, 0.2) is 5.65 Å². The van der Waals surface area contributed by atoms with Gasteiger partial charge in [-0.2, -0.15) is 0 Å². The summed E-state index contributed by atoms with van der Waals surface area (Å²) in [5.41, 5.74) is 8.55. The summed E-state index contributed by atoms with van der Waals surface area (Å²) in [5, 5.41) is 6.62. The number of imidazole rings is 1. The third-order valence-corrected chi connectivity index (χ3v) is 5.51. The van der Waals surface area contributed by atoms with Crippen LogP contribution in [0.15, 0.2) is 30.5 Å². The molecule has 0 atom stereocenters. The lowest BCUT2D eigenvalue weighted by Gasteiger charge is -2.14. The summed E-state index contributed by atoms with van der Waals surface area (Å²) in [7, 11) is 0. The Kier molecular flexibility index (Phi) is 4.38. The van der Waals surface area contributed by atoms with Crippen LogP contribution in [0, 0.1) is 33.6 Å². The number of pyridine rings is 1. The molecule has 1 aromatic carbocycles. The number of aryl methyl sites for hydroxylation is 4. The van der Waals surface area contributed by atoms with Crippen molar-refractivity contribution in [3.63, 3.8) is 0 Å². The zero-order valence-electron chi connectivity index (χ0n) is 16.4. The van der Waals surface area contributed by atoms with E-state index in [1.165, 1.54) is 16.7 Å². The van der Waals surface area contributed by atoms with Crippen LogP contribution in [0.5, 0.6) is 0 Å². The molecule has 0 bridgehead atoms. The number of hydrogen-bond donors (Lipinski definition) is 2. The Balaban J connectivity index is 1.69. The minimum Gasteiger partial charge on any atom is -0.378 e. The Morgan fingerprint density at radius 3 is 2.56 bits per heavy atom. The van der Waals surface area contributed by atoms with Crippen molar-refractivity contribution < 1.29 is 4.79 Å². The number of carbonyl (C=O) groups is 1. The molecule has 1 fully saturated rings. The van der Waals surface area contributed by atoms with Crippen LogP contribution in [0.4, 0.5) is 11.4 Å². The highest BCUT2D eigenvalue weighted by atomic mass is 16.2. The van der Waals surface area contributed by atoms with Gasteiger partial charge < -0.3 is 15.0 Å². The van der Waals surface area contributed by atoms with Crippen LogP contribution in [-0.2, 0) is 11.3 Å².